The molecule has 5 nitrogen and oxygen atoms in total. The summed E-state index contributed by atoms with van der Waals surface area (Å²) in [5.74, 6) is 0.994. The predicted molar refractivity (Wildman–Crippen MR) is 81.2 cm³/mol. The Hall–Kier alpha value is -2.56. The van der Waals surface area contributed by atoms with Crippen LogP contribution in [0.15, 0.2) is 36.5 Å². The van der Waals surface area contributed by atoms with Crippen LogP contribution in [-0.2, 0) is 4.74 Å². The zero-order valence-electron chi connectivity index (χ0n) is 12.3. The predicted octanol–water partition coefficient (Wildman–Crippen LogP) is 3.32. The Bertz CT molecular complexity index is 624. The molecule has 0 unspecified atom stereocenters. The molecule has 1 heterocycles. The van der Waals surface area contributed by atoms with Crippen molar-refractivity contribution in [2.45, 2.75) is 13.8 Å². The highest BCUT2D eigenvalue weighted by atomic mass is 16.5. The number of rotatable bonds is 5. The quantitative estimate of drug-likeness (QED) is 0.854. The van der Waals surface area contributed by atoms with E-state index in [1.165, 1.54) is 6.20 Å². The molecule has 0 aliphatic heterocycles. The summed E-state index contributed by atoms with van der Waals surface area (Å²) < 4.78 is 10.2. The number of anilines is 2. The van der Waals surface area contributed by atoms with Gasteiger partial charge in [0.15, 0.2) is 0 Å². The van der Waals surface area contributed by atoms with E-state index in [0.29, 0.717) is 18.0 Å². The summed E-state index contributed by atoms with van der Waals surface area (Å²) in [6.45, 7) is 4.12. The summed E-state index contributed by atoms with van der Waals surface area (Å²) in [5, 5.41) is 3.17. The number of aromatic nitrogens is 1. The van der Waals surface area contributed by atoms with Crippen LogP contribution in [0.4, 0.5) is 11.5 Å². The first-order chi connectivity index (χ1) is 10.1. The van der Waals surface area contributed by atoms with E-state index in [1.807, 2.05) is 25.1 Å². The molecule has 5 heteroatoms. The van der Waals surface area contributed by atoms with Crippen LogP contribution >= 0.6 is 0 Å². The topological polar surface area (TPSA) is 60.5 Å². The first kappa shape index (κ1) is 14.8. The lowest BCUT2D eigenvalue weighted by Gasteiger charge is -2.11. The number of hydrogen-bond donors (Lipinski definition) is 1. The number of benzene rings is 1. The van der Waals surface area contributed by atoms with Crippen molar-refractivity contribution in [3.05, 3.63) is 47.7 Å². The Morgan fingerprint density at radius 2 is 2.10 bits per heavy atom. The molecule has 0 aliphatic carbocycles. The number of nitrogens with zero attached hydrogens (tertiary/aromatic N) is 1. The molecule has 0 radical (unpaired) electrons. The molecule has 0 fully saturated rings. The second-order valence-corrected chi connectivity index (χ2v) is 4.48. The number of methoxy groups -OCH3 is 1. The van der Waals surface area contributed by atoms with Gasteiger partial charge in [-0.1, -0.05) is 6.07 Å². The van der Waals surface area contributed by atoms with Crippen molar-refractivity contribution in [1.82, 2.24) is 4.98 Å². The minimum Gasteiger partial charge on any atom is -0.495 e. The van der Waals surface area contributed by atoms with Crippen molar-refractivity contribution >= 4 is 17.5 Å². The third-order valence-corrected chi connectivity index (χ3v) is 2.89. The summed E-state index contributed by atoms with van der Waals surface area (Å²) in [6.07, 6.45) is 1.49. The van der Waals surface area contributed by atoms with Crippen LogP contribution in [0.3, 0.4) is 0 Å². The molecule has 0 bridgehead atoms. The number of nitrogens with one attached hydrogen (secondary N) is 1. The lowest BCUT2D eigenvalue weighted by molar-refractivity contribution is 0.0526. The fourth-order valence-corrected chi connectivity index (χ4v) is 1.86. The van der Waals surface area contributed by atoms with E-state index < -0.39 is 0 Å². The van der Waals surface area contributed by atoms with Crippen LogP contribution in [0.5, 0.6) is 5.75 Å². The Kier molecular flexibility index (Phi) is 4.77. The molecule has 0 saturated heterocycles. The van der Waals surface area contributed by atoms with E-state index >= 15 is 0 Å². The van der Waals surface area contributed by atoms with Crippen LogP contribution in [-0.4, -0.2) is 24.7 Å². The first-order valence-electron chi connectivity index (χ1n) is 6.69. The van der Waals surface area contributed by atoms with Gasteiger partial charge in [0.05, 0.1) is 25.0 Å². The van der Waals surface area contributed by atoms with Gasteiger partial charge in [-0.25, -0.2) is 9.78 Å². The van der Waals surface area contributed by atoms with E-state index in [-0.39, 0.29) is 5.97 Å². The Labute approximate surface area is 123 Å². The fraction of sp³-hybridized carbons (Fsp3) is 0.250. The van der Waals surface area contributed by atoms with Crippen molar-refractivity contribution in [3.8, 4) is 5.75 Å². The highest BCUT2D eigenvalue weighted by Gasteiger charge is 2.08. The van der Waals surface area contributed by atoms with Crippen molar-refractivity contribution < 1.29 is 14.3 Å². The molecule has 21 heavy (non-hydrogen) atoms. The summed E-state index contributed by atoms with van der Waals surface area (Å²) in [6, 6.07) is 9.25. The van der Waals surface area contributed by atoms with Gasteiger partial charge < -0.3 is 14.8 Å². The molecule has 0 aliphatic rings. The molecule has 0 atom stereocenters. The van der Waals surface area contributed by atoms with E-state index in [1.54, 1.807) is 26.2 Å². The smallest absolute Gasteiger partial charge is 0.339 e. The van der Waals surface area contributed by atoms with Gasteiger partial charge in [0.1, 0.15) is 11.6 Å². The highest BCUT2D eigenvalue weighted by molar-refractivity contribution is 5.89. The van der Waals surface area contributed by atoms with Crippen LogP contribution in [0.1, 0.15) is 22.8 Å². The lowest BCUT2D eigenvalue weighted by atomic mass is 10.2. The van der Waals surface area contributed by atoms with Gasteiger partial charge in [-0.15, -0.1) is 0 Å². The fourth-order valence-electron chi connectivity index (χ4n) is 1.86. The zero-order valence-corrected chi connectivity index (χ0v) is 12.3. The van der Waals surface area contributed by atoms with Crippen LogP contribution in [0, 0.1) is 6.92 Å². The van der Waals surface area contributed by atoms with Crippen molar-refractivity contribution in [1.29, 1.82) is 0 Å². The Balaban J connectivity index is 2.17. The van der Waals surface area contributed by atoms with E-state index in [0.717, 1.165) is 17.0 Å². The maximum atomic E-state index is 11.6. The number of pyridine rings is 1. The van der Waals surface area contributed by atoms with Crippen molar-refractivity contribution in [2.75, 3.05) is 19.0 Å². The molecule has 110 valence electrons. The zero-order chi connectivity index (χ0) is 15.2. The maximum absolute atomic E-state index is 11.6. The molecule has 0 spiro atoms. The molecular formula is C16H18N2O3. The number of hydrogen-bond acceptors (Lipinski definition) is 5. The first-order valence-corrected chi connectivity index (χ1v) is 6.69. The second kappa shape index (κ2) is 6.74. The van der Waals surface area contributed by atoms with Crippen molar-refractivity contribution in [3.63, 3.8) is 0 Å². The molecule has 0 amide bonds. The Morgan fingerprint density at radius 3 is 2.71 bits per heavy atom. The minimum absolute atomic E-state index is 0.347. The number of aryl methyl sites for hydroxylation is 1. The Morgan fingerprint density at radius 1 is 1.29 bits per heavy atom. The summed E-state index contributed by atoms with van der Waals surface area (Å²) in [4.78, 5) is 15.8. The lowest BCUT2D eigenvalue weighted by Crippen LogP contribution is -2.05. The molecule has 2 aromatic rings. The molecule has 0 saturated carbocycles. The van der Waals surface area contributed by atoms with E-state index in [9.17, 15) is 4.79 Å². The number of carbonyl (C=O) groups is 1. The van der Waals surface area contributed by atoms with Gasteiger partial charge in [0.2, 0.25) is 0 Å². The average Bonchev–Trinajstić information content (AvgIpc) is 2.48. The molecule has 1 aromatic heterocycles. The second-order valence-electron chi connectivity index (χ2n) is 4.48. The third-order valence-electron chi connectivity index (χ3n) is 2.89. The monoisotopic (exact) mass is 286 g/mol. The van der Waals surface area contributed by atoms with Crippen LogP contribution < -0.4 is 10.1 Å². The van der Waals surface area contributed by atoms with E-state index in [2.05, 4.69) is 10.3 Å². The van der Waals surface area contributed by atoms with Crippen LogP contribution in [0.25, 0.3) is 0 Å². The number of esters is 1. The summed E-state index contributed by atoms with van der Waals surface area (Å²) >= 11 is 0. The normalized spacial score (nSPS) is 10.0. The van der Waals surface area contributed by atoms with Gasteiger partial charge in [0, 0.05) is 6.20 Å². The van der Waals surface area contributed by atoms with Gasteiger partial charge >= 0.3 is 5.97 Å². The van der Waals surface area contributed by atoms with E-state index in [4.69, 9.17) is 9.47 Å². The van der Waals surface area contributed by atoms with Crippen LogP contribution in [0.2, 0.25) is 0 Å². The molecular weight excluding hydrogens is 268 g/mol. The summed E-state index contributed by atoms with van der Waals surface area (Å²) in [5.41, 5.74) is 2.37. The summed E-state index contributed by atoms with van der Waals surface area (Å²) in [7, 11) is 1.62. The third kappa shape index (κ3) is 3.72. The van der Waals surface area contributed by atoms with Gasteiger partial charge in [-0.2, -0.15) is 0 Å². The van der Waals surface area contributed by atoms with Gasteiger partial charge in [0.25, 0.3) is 0 Å². The van der Waals surface area contributed by atoms with Crippen molar-refractivity contribution in [2.24, 2.45) is 0 Å². The number of ether oxygens (including phenoxy) is 2. The highest BCUT2D eigenvalue weighted by Crippen LogP contribution is 2.27. The average molecular weight is 286 g/mol. The molecule has 2 rings (SSSR count). The molecule has 1 aromatic carbocycles. The SMILES string of the molecule is CCOC(=O)c1ccc(Nc2cc(C)ccc2OC)nc1. The largest absolute Gasteiger partial charge is 0.495 e. The minimum atomic E-state index is -0.371. The van der Waals surface area contributed by atoms with Gasteiger partial charge in [-0.05, 0) is 43.7 Å². The van der Waals surface area contributed by atoms with Gasteiger partial charge in [-0.3, -0.25) is 0 Å². The number of carbonyl (C=O) groups excluding carboxylic acids is 1. The maximum Gasteiger partial charge on any atom is 0.339 e. The standard InChI is InChI=1S/C16H18N2O3/c1-4-21-16(19)12-6-8-15(17-10-12)18-13-9-11(2)5-7-14(13)20-3/h5-10H,4H2,1-3H3,(H,17,18). The molecule has 1 N–H and O–H groups in total.